The van der Waals surface area contributed by atoms with Gasteiger partial charge in [0.05, 0.1) is 33.2 Å². The summed E-state index contributed by atoms with van der Waals surface area (Å²) in [4.78, 5) is 51.7. The number of esters is 4. The third-order valence-corrected chi connectivity index (χ3v) is 10.7. The van der Waals surface area contributed by atoms with E-state index in [0.717, 1.165) is 129 Å². The molecule has 0 aliphatic rings. The number of hydrogen-bond donors (Lipinski definition) is 1. The zero-order valence-electron chi connectivity index (χ0n) is 37.5. The lowest BCUT2D eigenvalue weighted by Gasteiger charge is -2.22. The Kier molecular flexibility index (Phi) is 40.3. The highest BCUT2D eigenvalue weighted by Gasteiger charge is 2.18. The van der Waals surface area contributed by atoms with E-state index in [9.17, 15) is 24.3 Å². The van der Waals surface area contributed by atoms with Gasteiger partial charge in [0.25, 0.3) is 0 Å². The summed E-state index contributed by atoms with van der Waals surface area (Å²) < 4.78 is 22.5. The molecule has 0 atom stereocenters. The second-order valence-electron chi connectivity index (χ2n) is 16.4. The number of aliphatic hydroxyl groups is 1. The minimum absolute atomic E-state index is 0.0374. The molecule has 0 heterocycles. The van der Waals surface area contributed by atoms with Crippen molar-refractivity contribution in [1.29, 1.82) is 0 Å². The van der Waals surface area contributed by atoms with Crippen LogP contribution in [-0.2, 0) is 38.1 Å². The number of ether oxygens (including phenoxy) is 4. The summed E-state index contributed by atoms with van der Waals surface area (Å²) in [5.41, 5.74) is 0. The Morgan fingerprint density at radius 2 is 0.649 bits per heavy atom. The number of aliphatic hydroxyl groups excluding tert-OH is 1. The molecule has 0 spiro atoms. The normalized spacial score (nSPS) is 11.4. The molecule has 0 rings (SSSR count). The Hall–Kier alpha value is -2.20. The quantitative estimate of drug-likeness (QED) is 0.0275. The monoisotopic (exact) mass is 812 g/mol. The van der Waals surface area contributed by atoms with E-state index in [1.165, 1.54) is 51.4 Å². The molecule has 1 N–H and O–H groups in total. The van der Waals surface area contributed by atoms with Crippen LogP contribution in [0.15, 0.2) is 0 Å². The lowest BCUT2D eigenvalue weighted by molar-refractivity contribution is -0.151. The van der Waals surface area contributed by atoms with Crippen LogP contribution in [0.4, 0.5) is 0 Å². The lowest BCUT2D eigenvalue weighted by atomic mass is 10.0. The van der Waals surface area contributed by atoms with Gasteiger partial charge >= 0.3 is 23.9 Å². The summed E-state index contributed by atoms with van der Waals surface area (Å²) in [6, 6.07) is 0. The molecule has 0 aromatic rings. The Morgan fingerprint density at radius 1 is 0.386 bits per heavy atom. The van der Waals surface area contributed by atoms with E-state index in [1.54, 1.807) is 0 Å². The molecular weight excluding hydrogens is 723 g/mol. The topological polar surface area (TPSA) is 129 Å². The largest absolute Gasteiger partial charge is 0.465 e. The van der Waals surface area contributed by atoms with Crippen molar-refractivity contribution in [2.45, 2.75) is 220 Å². The zero-order chi connectivity index (χ0) is 42.0. The van der Waals surface area contributed by atoms with Gasteiger partial charge in [0.2, 0.25) is 0 Å². The SMILES string of the molecule is CCCCCCCC(=O)OCC(CCCCN(CO)CCCCC(COC(=O)CCCCCCC)COC(=O)CCCCCCC)COC(=O)CCCCCCC. The van der Waals surface area contributed by atoms with Crippen molar-refractivity contribution in [2.24, 2.45) is 11.8 Å². The molecule has 0 aliphatic carbocycles. The van der Waals surface area contributed by atoms with Crippen molar-refractivity contribution in [3.63, 3.8) is 0 Å². The fraction of sp³-hybridized carbons (Fsp3) is 0.915. The fourth-order valence-corrected chi connectivity index (χ4v) is 6.84. The molecule has 57 heavy (non-hydrogen) atoms. The molecule has 0 amide bonds. The third kappa shape index (κ3) is 37.8. The Bertz CT molecular complexity index is 814. The molecule has 0 saturated carbocycles. The van der Waals surface area contributed by atoms with E-state index in [2.05, 4.69) is 27.7 Å². The van der Waals surface area contributed by atoms with Crippen LogP contribution in [0.25, 0.3) is 0 Å². The van der Waals surface area contributed by atoms with E-state index in [4.69, 9.17) is 18.9 Å². The molecule has 10 heteroatoms. The summed E-state index contributed by atoms with van der Waals surface area (Å²) in [6.45, 7) is 11.1. The first kappa shape index (κ1) is 54.8. The second kappa shape index (κ2) is 41.9. The van der Waals surface area contributed by atoms with Crippen molar-refractivity contribution >= 4 is 23.9 Å². The zero-order valence-corrected chi connectivity index (χ0v) is 37.5. The molecule has 0 aliphatic heterocycles. The summed E-state index contributed by atoms with van der Waals surface area (Å²) in [6.07, 6.45) is 28.1. The fourth-order valence-electron chi connectivity index (χ4n) is 6.84. The first-order chi connectivity index (χ1) is 27.8. The van der Waals surface area contributed by atoms with Crippen molar-refractivity contribution in [1.82, 2.24) is 4.90 Å². The summed E-state index contributed by atoms with van der Waals surface area (Å²) in [5, 5.41) is 10.1. The molecule has 0 fully saturated rings. The molecule has 0 radical (unpaired) electrons. The van der Waals surface area contributed by atoms with Gasteiger partial charge in [-0.3, -0.25) is 24.1 Å². The number of nitrogens with zero attached hydrogens (tertiary/aromatic N) is 1. The third-order valence-electron chi connectivity index (χ3n) is 10.7. The first-order valence-electron chi connectivity index (χ1n) is 23.7. The first-order valence-corrected chi connectivity index (χ1v) is 23.7. The molecule has 0 bridgehead atoms. The maximum atomic E-state index is 12.4. The Labute approximate surface area is 349 Å². The average molecular weight is 812 g/mol. The van der Waals surface area contributed by atoms with Gasteiger partial charge in [-0.25, -0.2) is 0 Å². The van der Waals surface area contributed by atoms with Gasteiger partial charge in [0.1, 0.15) is 0 Å². The van der Waals surface area contributed by atoms with Crippen LogP contribution >= 0.6 is 0 Å². The highest BCUT2D eigenvalue weighted by Crippen LogP contribution is 2.17. The van der Waals surface area contributed by atoms with E-state index in [0.29, 0.717) is 25.7 Å². The summed E-state index contributed by atoms with van der Waals surface area (Å²) in [7, 11) is 0. The number of carbonyl (C=O) groups excluding carboxylic acids is 4. The Morgan fingerprint density at radius 3 is 0.895 bits per heavy atom. The molecular formula is C47H89NO9. The van der Waals surface area contributed by atoms with E-state index in [1.807, 2.05) is 4.90 Å². The molecule has 0 saturated heterocycles. The number of hydrogen-bond acceptors (Lipinski definition) is 10. The predicted octanol–water partition coefficient (Wildman–Crippen LogP) is 11.4. The average Bonchev–Trinajstić information content (AvgIpc) is 3.21. The van der Waals surface area contributed by atoms with Crippen LogP contribution in [0.2, 0.25) is 0 Å². The maximum Gasteiger partial charge on any atom is 0.305 e. The van der Waals surface area contributed by atoms with Crippen LogP contribution in [0, 0.1) is 11.8 Å². The molecule has 0 aromatic heterocycles. The van der Waals surface area contributed by atoms with Crippen molar-refractivity contribution in [2.75, 3.05) is 46.2 Å². The standard InChI is InChI=1S/C47H89NO9/c1-5-9-13-17-21-31-44(50)54-37-42(38-55-45(51)32-22-18-14-10-6-2)29-25-27-35-48(41-49)36-28-26-30-43(39-56-46(52)33-23-19-15-11-7-3)40-57-47(53)34-24-20-16-12-8-4/h42-43,49H,5-41H2,1-4H3. The van der Waals surface area contributed by atoms with E-state index >= 15 is 0 Å². The van der Waals surface area contributed by atoms with Crippen LogP contribution < -0.4 is 0 Å². The predicted molar refractivity (Wildman–Crippen MR) is 231 cm³/mol. The maximum absolute atomic E-state index is 12.4. The van der Waals surface area contributed by atoms with Crippen LogP contribution in [0.5, 0.6) is 0 Å². The van der Waals surface area contributed by atoms with E-state index in [-0.39, 0.29) is 68.9 Å². The Balaban J connectivity index is 4.84. The van der Waals surface area contributed by atoms with Crippen molar-refractivity contribution < 1.29 is 43.2 Å². The van der Waals surface area contributed by atoms with Gasteiger partial charge in [-0.2, -0.15) is 0 Å². The second-order valence-corrected chi connectivity index (χ2v) is 16.4. The van der Waals surface area contributed by atoms with Gasteiger partial charge in [0.15, 0.2) is 0 Å². The van der Waals surface area contributed by atoms with Gasteiger partial charge < -0.3 is 24.1 Å². The molecule has 10 nitrogen and oxygen atoms in total. The highest BCUT2D eigenvalue weighted by molar-refractivity contribution is 5.70. The highest BCUT2D eigenvalue weighted by atomic mass is 16.6. The minimum atomic E-state index is -0.181. The number of rotatable bonds is 43. The minimum Gasteiger partial charge on any atom is -0.465 e. The number of unbranched alkanes of at least 4 members (excludes halogenated alkanes) is 18. The summed E-state index contributed by atoms with van der Waals surface area (Å²) in [5.74, 6) is -0.830. The molecule has 0 unspecified atom stereocenters. The smallest absolute Gasteiger partial charge is 0.305 e. The van der Waals surface area contributed by atoms with Crippen molar-refractivity contribution in [3.8, 4) is 0 Å². The van der Waals surface area contributed by atoms with Crippen LogP contribution in [-0.4, -0.2) is 80.1 Å². The lowest BCUT2D eigenvalue weighted by Crippen LogP contribution is -2.28. The van der Waals surface area contributed by atoms with Crippen molar-refractivity contribution in [3.05, 3.63) is 0 Å². The van der Waals surface area contributed by atoms with Gasteiger partial charge in [0, 0.05) is 50.6 Å². The van der Waals surface area contributed by atoms with Gasteiger partial charge in [-0.05, 0) is 51.4 Å². The summed E-state index contributed by atoms with van der Waals surface area (Å²) >= 11 is 0. The van der Waals surface area contributed by atoms with Crippen LogP contribution in [0.1, 0.15) is 220 Å². The number of carbonyl (C=O) groups is 4. The van der Waals surface area contributed by atoms with Crippen LogP contribution in [0.3, 0.4) is 0 Å². The van der Waals surface area contributed by atoms with Gasteiger partial charge in [-0.15, -0.1) is 0 Å². The molecule has 0 aromatic carbocycles. The van der Waals surface area contributed by atoms with E-state index < -0.39 is 0 Å². The molecule has 336 valence electrons. The van der Waals surface area contributed by atoms with Gasteiger partial charge in [-0.1, -0.05) is 143 Å².